The Morgan fingerprint density at radius 1 is 0.958 bits per heavy atom. The molecule has 1 aliphatic heterocycles. The van der Waals surface area contributed by atoms with Crippen LogP contribution in [-0.4, -0.2) is 58.0 Å². The molecule has 24 heavy (non-hydrogen) atoms. The van der Waals surface area contributed by atoms with Gasteiger partial charge in [-0.3, -0.25) is 4.79 Å². The third-order valence-electron chi connectivity index (χ3n) is 3.84. The molecule has 0 saturated carbocycles. The first-order valence-corrected chi connectivity index (χ1v) is 7.40. The lowest BCUT2D eigenvalue weighted by atomic mass is 10.1. The van der Waals surface area contributed by atoms with Crippen LogP contribution in [0.3, 0.4) is 0 Å². The number of carboxylic acid groups (broad SMARTS) is 1. The van der Waals surface area contributed by atoms with E-state index in [2.05, 4.69) is 9.97 Å². The first-order chi connectivity index (χ1) is 11.5. The zero-order valence-corrected chi connectivity index (χ0v) is 12.7. The van der Waals surface area contributed by atoms with E-state index in [1.165, 1.54) is 41.6 Å². The molecule has 2 aromatic rings. The molecule has 0 spiro atoms. The van der Waals surface area contributed by atoms with Crippen LogP contribution in [0.5, 0.6) is 0 Å². The van der Waals surface area contributed by atoms with Crippen LogP contribution >= 0.6 is 0 Å². The van der Waals surface area contributed by atoms with Crippen molar-refractivity contribution in [1.82, 2.24) is 14.9 Å². The average molecular weight is 330 g/mol. The molecular formula is C16H15FN4O3. The molecule has 0 atom stereocenters. The van der Waals surface area contributed by atoms with Crippen molar-refractivity contribution >= 4 is 17.8 Å². The predicted octanol–water partition coefficient (Wildman–Crippen LogP) is 1.65. The quantitative estimate of drug-likeness (QED) is 0.861. The number of piperazine rings is 1. The summed E-state index contributed by atoms with van der Waals surface area (Å²) in [6, 6.07) is 5.28. The monoisotopic (exact) mass is 330 g/mol. The van der Waals surface area contributed by atoms with E-state index in [1.807, 2.05) is 4.90 Å². The minimum Gasteiger partial charge on any atom is -0.465 e. The zero-order chi connectivity index (χ0) is 17.1. The number of rotatable bonds is 3. The van der Waals surface area contributed by atoms with E-state index in [0.29, 0.717) is 43.3 Å². The van der Waals surface area contributed by atoms with Crippen molar-refractivity contribution in [1.29, 1.82) is 0 Å². The lowest BCUT2D eigenvalue weighted by Crippen LogP contribution is -2.48. The molecule has 1 aliphatic rings. The number of carbonyl (C=O) groups is 2. The van der Waals surface area contributed by atoms with Gasteiger partial charge in [0.05, 0.1) is 5.56 Å². The highest BCUT2D eigenvalue weighted by Crippen LogP contribution is 2.14. The van der Waals surface area contributed by atoms with Crippen molar-refractivity contribution < 1.29 is 19.1 Å². The van der Waals surface area contributed by atoms with Gasteiger partial charge in [-0.25, -0.2) is 19.2 Å². The number of hydrogen-bond acceptors (Lipinski definition) is 5. The van der Waals surface area contributed by atoms with Crippen LogP contribution in [0.2, 0.25) is 0 Å². The maximum atomic E-state index is 12.9. The van der Waals surface area contributed by atoms with E-state index in [9.17, 15) is 14.0 Å². The fourth-order valence-electron chi connectivity index (χ4n) is 2.47. The number of anilines is 1. The molecule has 1 aromatic carbocycles. The summed E-state index contributed by atoms with van der Waals surface area (Å²) in [5.74, 6) is -0.230. The number of carbonyl (C=O) groups excluding carboxylic acids is 1. The summed E-state index contributed by atoms with van der Waals surface area (Å²) in [5.41, 5.74) is 0.678. The summed E-state index contributed by atoms with van der Waals surface area (Å²) < 4.78 is 12.9. The van der Waals surface area contributed by atoms with Crippen LogP contribution in [0.1, 0.15) is 15.9 Å². The van der Waals surface area contributed by atoms with E-state index >= 15 is 0 Å². The summed E-state index contributed by atoms with van der Waals surface area (Å²) >= 11 is 0. The Morgan fingerprint density at radius 2 is 1.54 bits per heavy atom. The molecule has 0 aliphatic carbocycles. The third kappa shape index (κ3) is 3.32. The topological polar surface area (TPSA) is 86.6 Å². The Balaban J connectivity index is 1.68. The smallest absolute Gasteiger partial charge is 0.407 e. The Labute approximate surface area is 137 Å². The van der Waals surface area contributed by atoms with Gasteiger partial charge in [0.15, 0.2) is 5.78 Å². The summed E-state index contributed by atoms with van der Waals surface area (Å²) in [5, 5.41) is 8.93. The first-order valence-electron chi connectivity index (χ1n) is 7.40. The standard InChI is InChI=1S/C16H15FN4O3/c17-13-3-1-11(2-4-13)14(22)12-9-18-15(19-10-12)20-5-7-21(8-6-20)16(23)24/h1-4,9-10H,5-8H2,(H,23,24). The number of halogens is 1. The molecule has 1 amide bonds. The van der Waals surface area contributed by atoms with E-state index < -0.39 is 11.9 Å². The number of amides is 1. The number of hydrogen-bond donors (Lipinski definition) is 1. The van der Waals surface area contributed by atoms with Crippen LogP contribution < -0.4 is 4.90 Å². The van der Waals surface area contributed by atoms with E-state index in [4.69, 9.17) is 5.11 Å². The highest BCUT2D eigenvalue weighted by atomic mass is 19.1. The molecule has 7 nitrogen and oxygen atoms in total. The van der Waals surface area contributed by atoms with Gasteiger partial charge >= 0.3 is 6.09 Å². The van der Waals surface area contributed by atoms with Gasteiger partial charge in [-0.15, -0.1) is 0 Å². The second kappa shape index (κ2) is 6.61. The van der Waals surface area contributed by atoms with Gasteiger partial charge in [-0.2, -0.15) is 0 Å². The van der Waals surface area contributed by atoms with Gasteiger partial charge < -0.3 is 14.9 Å². The van der Waals surface area contributed by atoms with E-state index in [-0.39, 0.29) is 5.78 Å². The van der Waals surface area contributed by atoms with Gasteiger partial charge in [0.25, 0.3) is 0 Å². The summed E-state index contributed by atoms with van der Waals surface area (Å²) in [7, 11) is 0. The molecule has 0 radical (unpaired) electrons. The largest absolute Gasteiger partial charge is 0.465 e. The maximum Gasteiger partial charge on any atom is 0.407 e. The Kier molecular flexibility index (Phi) is 4.37. The van der Waals surface area contributed by atoms with Crippen LogP contribution in [0.15, 0.2) is 36.7 Å². The number of nitrogens with zero attached hydrogens (tertiary/aromatic N) is 4. The van der Waals surface area contributed by atoms with Crippen LogP contribution in [0.25, 0.3) is 0 Å². The molecule has 3 rings (SSSR count). The molecule has 0 bridgehead atoms. The van der Waals surface area contributed by atoms with Crippen molar-refractivity contribution in [2.75, 3.05) is 31.1 Å². The highest BCUT2D eigenvalue weighted by molar-refractivity contribution is 6.08. The van der Waals surface area contributed by atoms with Gasteiger partial charge in [0.2, 0.25) is 5.95 Å². The number of ketones is 1. The molecule has 2 heterocycles. The van der Waals surface area contributed by atoms with Crippen LogP contribution in [0, 0.1) is 5.82 Å². The van der Waals surface area contributed by atoms with Gasteiger partial charge in [-0.1, -0.05) is 0 Å². The molecular weight excluding hydrogens is 315 g/mol. The lowest BCUT2D eigenvalue weighted by Gasteiger charge is -2.32. The summed E-state index contributed by atoms with van der Waals surface area (Å²) in [4.78, 5) is 34.7. The van der Waals surface area contributed by atoms with Crippen molar-refractivity contribution in [2.24, 2.45) is 0 Å². The lowest BCUT2D eigenvalue weighted by molar-refractivity contribution is 0.103. The molecule has 1 saturated heterocycles. The highest BCUT2D eigenvalue weighted by Gasteiger charge is 2.22. The van der Waals surface area contributed by atoms with Gasteiger partial charge in [0, 0.05) is 44.1 Å². The maximum absolute atomic E-state index is 12.9. The van der Waals surface area contributed by atoms with Gasteiger partial charge in [0.1, 0.15) is 5.82 Å². The predicted molar refractivity (Wildman–Crippen MR) is 83.7 cm³/mol. The Bertz CT molecular complexity index is 741. The van der Waals surface area contributed by atoms with Crippen molar-refractivity contribution in [3.05, 3.63) is 53.6 Å². The normalized spacial score (nSPS) is 14.5. The fraction of sp³-hybridized carbons (Fsp3) is 0.250. The molecule has 1 fully saturated rings. The SMILES string of the molecule is O=C(c1ccc(F)cc1)c1cnc(N2CCN(C(=O)O)CC2)nc1. The molecule has 0 unspecified atom stereocenters. The number of aromatic nitrogens is 2. The van der Waals surface area contributed by atoms with Crippen molar-refractivity contribution in [3.63, 3.8) is 0 Å². The molecule has 1 N–H and O–H groups in total. The Morgan fingerprint density at radius 3 is 2.08 bits per heavy atom. The third-order valence-corrected chi connectivity index (χ3v) is 3.84. The zero-order valence-electron chi connectivity index (χ0n) is 12.7. The Hall–Kier alpha value is -3.03. The molecule has 1 aromatic heterocycles. The molecule has 8 heteroatoms. The second-order valence-corrected chi connectivity index (χ2v) is 5.36. The molecule has 124 valence electrons. The number of benzene rings is 1. The minimum atomic E-state index is -0.934. The first kappa shape index (κ1) is 15.9. The summed E-state index contributed by atoms with van der Waals surface area (Å²) in [6.45, 7) is 1.76. The minimum absolute atomic E-state index is 0.280. The average Bonchev–Trinajstić information content (AvgIpc) is 2.62. The van der Waals surface area contributed by atoms with Crippen LogP contribution in [-0.2, 0) is 0 Å². The fourth-order valence-corrected chi connectivity index (χ4v) is 2.47. The van der Waals surface area contributed by atoms with Gasteiger partial charge in [-0.05, 0) is 24.3 Å². The van der Waals surface area contributed by atoms with Crippen LogP contribution in [0.4, 0.5) is 15.1 Å². The second-order valence-electron chi connectivity index (χ2n) is 5.36. The van der Waals surface area contributed by atoms with E-state index in [1.54, 1.807) is 0 Å². The summed E-state index contributed by atoms with van der Waals surface area (Å²) in [6.07, 6.45) is 1.92. The van der Waals surface area contributed by atoms with Crippen molar-refractivity contribution in [3.8, 4) is 0 Å². The van der Waals surface area contributed by atoms with Crippen molar-refractivity contribution in [2.45, 2.75) is 0 Å². The van der Waals surface area contributed by atoms with E-state index in [0.717, 1.165) is 0 Å².